The minimum Gasteiger partial charge on any atom is -0.493 e. The third kappa shape index (κ3) is 6.41. The Morgan fingerprint density at radius 1 is 0.963 bits per heavy atom. The summed E-state index contributed by atoms with van der Waals surface area (Å²) in [5, 5.41) is 17.5. The quantitative estimate of drug-likeness (QED) is 0.408. The molecule has 1 atom stereocenters. The average molecular weight is 408 g/mol. The zero-order valence-electron chi connectivity index (χ0n) is 14.0. The van der Waals surface area contributed by atoms with Crippen LogP contribution in [0.15, 0.2) is 24.3 Å². The van der Waals surface area contributed by atoms with Crippen LogP contribution in [0, 0.1) is 0 Å². The number of alkyl halides is 6. The minimum absolute atomic E-state index is 0.258. The molecular weight excluding hydrogens is 390 g/mol. The highest BCUT2D eigenvalue weighted by Gasteiger charge is 2.73. The molecule has 1 rings (SSSR count). The molecule has 0 aromatic heterocycles. The average Bonchev–Trinajstić information content (AvgIpc) is 2.58. The number of aliphatic hydroxyl groups excluding tert-OH is 1. The van der Waals surface area contributed by atoms with Gasteiger partial charge in [-0.25, -0.2) is 0 Å². The predicted octanol–water partition coefficient (Wildman–Crippen LogP) is 2.28. The molecule has 0 radical (unpaired) electrons. The first-order chi connectivity index (χ1) is 12.4. The number of ether oxygens (including phenoxy) is 4. The van der Waals surface area contributed by atoms with Gasteiger partial charge in [-0.3, -0.25) is 0 Å². The van der Waals surface area contributed by atoms with E-state index in [2.05, 4.69) is 4.74 Å². The number of aliphatic hydroxyl groups is 2. The van der Waals surface area contributed by atoms with Crippen molar-refractivity contribution in [2.45, 2.75) is 24.2 Å². The van der Waals surface area contributed by atoms with E-state index in [4.69, 9.17) is 19.3 Å². The third-order valence-corrected chi connectivity index (χ3v) is 3.06. The molecule has 0 saturated heterocycles. The normalized spacial score (nSPS) is 14.1. The van der Waals surface area contributed by atoms with Gasteiger partial charge in [-0.2, -0.15) is 26.3 Å². The van der Waals surface area contributed by atoms with Crippen LogP contribution in [0.25, 0.3) is 0 Å². The van der Waals surface area contributed by atoms with Gasteiger partial charge in [0, 0.05) is 0 Å². The van der Waals surface area contributed by atoms with Crippen LogP contribution in [0.3, 0.4) is 0 Å². The smallest absolute Gasteiger partial charge is 0.428 e. The first-order valence-corrected chi connectivity index (χ1v) is 7.43. The van der Waals surface area contributed by atoms with Gasteiger partial charge >= 0.3 is 18.1 Å². The second-order valence-electron chi connectivity index (χ2n) is 5.17. The molecule has 0 saturated carbocycles. The van der Waals surface area contributed by atoms with E-state index in [0.29, 0.717) is 11.5 Å². The Hall–Kier alpha value is -1.76. The summed E-state index contributed by atoms with van der Waals surface area (Å²) < 4.78 is 93.8. The first-order valence-electron chi connectivity index (χ1n) is 7.43. The Bertz CT molecular complexity index is 580. The molecule has 27 heavy (non-hydrogen) atoms. The largest absolute Gasteiger partial charge is 0.493 e. The number of hydrogen-bond acceptors (Lipinski definition) is 6. The summed E-state index contributed by atoms with van der Waals surface area (Å²) in [7, 11) is 1.41. The lowest BCUT2D eigenvalue weighted by Crippen LogP contribution is -2.55. The molecule has 0 spiro atoms. The molecular formula is C15H18F6O6. The van der Waals surface area contributed by atoms with Crippen molar-refractivity contribution in [1.29, 1.82) is 0 Å². The number of rotatable bonds is 12. The van der Waals surface area contributed by atoms with E-state index in [1.54, 1.807) is 24.3 Å². The van der Waals surface area contributed by atoms with Crippen molar-refractivity contribution in [2.24, 2.45) is 0 Å². The molecule has 0 amide bonds. The number of methoxy groups -OCH3 is 1. The lowest BCUT2D eigenvalue weighted by Gasteiger charge is -2.28. The lowest BCUT2D eigenvalue weighted by molar-refractivity contribution is -0.442. The van der Waals surface area contributed by atoms with Crippen LogP contribution in [0.5, 0.6) is 11.5 Å². The van der Waals surface area contributed by atoms with Crippen molar-refractivity contribution in [2.75, 3.05) is 33.5 Å². The van der Waals surface area contributed by atoms with Gasteiger partial charge < -0.3 is 29.2 Å². The maximum atomic E-state index is 12.9. The molecule has 2 N–H and O–H groups in total. The second-order valence-corrected chi connectivity index (χ2v) is 5.17. The maximum absolute atomic E-state index is 12.9. The third-order valence-electron chi connectivity index (χ3n) is 3.06. The van der Waals surface area contributed by atoms with Crippen molar-refractivity contribution in [3.8, 4) is 11.5 Å². The summed E-state index contributed by atoms with van der Waals surface area (Å²) in [6.45, 7) is -2.60. The van der Waals surface area contributed by atoms with Gasteiger partial charge in [-0.1, -0.05) is 12.1 Å². The van der Waals surface area contributed by atoms with Crippen LogP contribution in [0.4, 0.5) is 26.3 Å². The van der Waals surface area contributed by atoms with E-state index in [9.17, 15) is 31.4 Å². The van der Waals surface area contributed by atoms with E-state index in [0.717, 1.165) is 0 Å². The zero-order chi connectivity index (χ0) is 20.7. The molecule has 6 nitrogen and oxygen atoms in total. The van der Waals surface area contributed by atoms with Crippen molar-refractivity contribution >= 4 is 0 Å². The molecule has 0 aliphatic carbocycles. The van der Waals surface area contributed by atoms with Crippen molar-refractivity contribution in [3.05, 3.63) is 24.3 Å². The van der Waals surface area contributed by atoms with Gasteiger partial charge in [0.05, 0.1) is 26.9 Å². The highest BCUT2D eigenvalue weighted by atomic mass is 19.4. The highest BCUT2D eigenvalue weighted by Crippen LogP contribution is 2.44. The molecule has 0 fully saturated rings. The first kappa shape index (κ1) is 23.3. The van der Waals surface area contributed by atoms with Gasteiger partial charge in [-0.15, -0.1) is 0 Å². The summed E-state index contributed by atoms with van der Waals surface area (Å²) in [5.41, 5.74) is 0. The Kier molecular flexibility index (Phi) is 8.14. The molecule has 0 aliphatic heterocycles. The molecule has 0 heterocycles. The Labute approximate surface area is 150 Å². The summed E-state index contributed by atoms with van der Waals surface area (Å²) in [5.74, 6) is -5.39. The number of halogens is 6. The number of para-hydroxylation sites is 2. The fourth-order valence-corrected chi connectivity index (χ4v) is 1.69. The monoisotopic (exact) mass is 408 g/mol. The fourth-order valence-electron chi connectivity index (χ4n) is 1.69. The molecule has 12 heteroatoms. The number of hydrogen-bond donors (Lipinski definition) is 2. The summed E-state index contributed by atoms with van der Waals surface area (Å²) >= 11 is 0. The van der Waals surface area contributed by atoms with Crippen LogP contribution < -0.4 is 9.47 Å². The van der Waals surface area contributed by atoms with Gasteiger partial charge in [0.25, 0.3) is 0 Å². The molecule has 0 aliphatic rings. The fraction of sp³-hybridized carbons (Fsp3) is 0.600. The minimum atomic E-state index is -6.12. The van der Waals surface area contributed by atoms with E-state index in [1.807, 2.05) is 0 Å². The molecule has 1 aromatic rings. The molecule has 156 valence electrons. The van der Waals surface area contributed by atoms with Gasteiger partial charge in [0.2, 0.25) is 0 Å². The van der Waals surface area contributed by atoms with E-state index < -0.39 is 44.1 Å². The van der Waals surface area contributed by atoms with Crippen molar-refractivity contribution in [3.63, 3.8) is 0 Å². The summed E-state index contributed by atoms with van der Waals surface area (Å²) in [6.07, 6.45) is -12.8. The van der Waals surface area contributed by atoms with Gasteiger partial charge in [-0.05, 0) is 12.1 Å². The Balaban J connectivity index is 2.31. The van der Waals surface area contributed by atoms with Crippen molar-refractivity contribution in [1.82, 2.24) is 0 Å². The predicted molar refractivity (Wildman–Crippen MR) is 78.3 cm³/mol. The summed E-state index contributed by atoms with van der Waals surface area (Å²) in [6, 6.07) is 6.53. The zero-order valence-corrected chi connectivity index (χ0v) is 14.0. The Morgan fingerprint density at radius 3 is 2.11 bits per heavy atom. The molecule has 1 unspecified atom stereocenters. The maximum Gasteiger partial charge on any atom is 0.428 e. The SMILES string of the molecule is COc1ccccc1OCC(O)COCCOC(F)(F)C(F)(F)C(O)(F)F. The lowest BCUT2D eigenvalue weighted by atomic mass is 10.3. The second kappa shape index (κ2) is 9.44. The van der Waals surface area contributed by atoms with E-state index >= 15 is 0 Å². The number of benzene rings is 1. The van der Waals surface area contributed by atoms with Crippen LogP contribution in [-0.2, 0) is 9.47 Å². The Morgan fingerprint density at radius 2 is 1.56 bits per heavy atom. The van der Waals surface area contributed by atoms with Crippen LogP contribution in [0.1, 0.15) is 0 Å². The van der Waals surface area contributed by atoms with Gasteiger partial charge in [0.1, 0.15) is 12.7 Å². The van der Waals surface area contributed by atoms with Gasteiger partial charge in [0.15, 0.2) is 11.5 Å². The molecule has 1 aromatic carbocycles. The van der Waals surface area contributed by atoms with E-state index in [1.165, 1.54) is 7.11 Å². The molecule has 0 bridgehead atoms. The van der Waals surface area contributed by atoms with Crippen molar-refractivity contribution < 1.29 is 55.5 Å². The van der Waals surface area contributed by atoms with Crippen LogP contribution in [-0.4, -0.2) is 68.0 Å². The standard InChI is InChI=1S/C15H18F6O6/c1-24-11-4-2-3-5-12(11)26-9-10(22)8-25-6-7-27-15(20,21)13(16,17)14(18,19)23/h2-5,10,22-23H,6-9H2,1H3. The van der Waals surface area contributed by atoms with Crippen LogP contribution >= 0.6 is 0 Å². The van der Waals surface area contributed by atoms with Crippen LogP contribution in [0.2, 0.25) is 0 Å². The van der Waals surface area contributed by atoms with E-state index in [-0.39, 0.29) is 6.61 Å². The topological polar surface area (TPSA) is 77.4 Å². The summed E-state index contributed by atoms with van der Waals surface area (Å²) in [4.78, 5) is 0. The highest BCUT2D eigenvalue weighted by molar-refractivity contribution is 5.39.